The van der Waals surface area contributed by atoms with Crippen LogP contribution in [0.2, 0.25) is 0 Å². The molecule has 3 aromatic rings. The van der Waals surface area contributed by atoms with Gasteiger partial charge in [0.1, 0.15) is 0 Å². The van der Waals surface area contributed by atoms with Gasteiger partial charge in [-0.15, -0.1) is 0 Å². The molecule has 0 aliphatic carbocycles. The lowest BCUT2D eigenvalue weighted by Crippen LogP contribution is -2.34. The van der Waals surface area contributed by atoms with Crippen LogP contribution in [0.15, 0.2) is 84.9 Å². The molecule has 4 rings (SSSR count). The van der Waals surface area contributed by atoms with E-state index >= 15 is 0 Å². The topological polar surface area (TPSA) is 29.1 Å². The van der Waals surface area contributed by atoms with E-state index in [1.165, 1.54) is 5.56 Å². The van der Waals surface area contributed by atoms with Gasteiger partial charge < -0.3 is 5.32 Å². The van der Waals surface area contributed by atoms with Gasteiger partial charge in [-0.05, 0) is 29.7 Å². The highest BCUT2D eigenvalue weighted by Crippen LogP contribution is 2.38. The molecule has 0 radical (unpaired) electrons. The van der Waals surface area contributed by atoms with E-state index in [4.69, 9.17) is 0 Å². The van der Waals surface area contributed by atoms with Gasteiger partial charge in [-0.2, -0.15) is 0 Å². The van der Waals surface area contributed by atoms with Crippen LogP contribution in [0.25, 0.3) is 0 Å². The Kier molecular flexibility index (Phi) is 3.87. The second-order valence-electron chi connectivity index (χ2n) is 6.24. The van der Waals surface area contributed by atoms with E-state index in [1.54, 1.807) is 0 Å². The quantitative estimate of drug-likeness (QED) is 0.745. The lowest BCUT2D eigenvalue weighted by Gasteiger charge is -2.34. The average Bonchev–Trinajstić information content (AvgIpc) is 2.65. The minimum atomic E-state index is -0.107. The fraction of sp³-hybridized carbons (Fsp3) is 0.136. The summed E-state index contributed by atoms with van der Waals surface area (Å²) in [6, 6.07) is 28.3. The first-order chi connectivity index (χ1) is 11.8. The monoisotopic (exact) mass is 313 g/mol. The molecule has 2 atom stereocenters. The number of nitrogens with one attached hydrogen (secondary N) is 1. The van der Waals surface area contributed by atoms with Crippen LogP contribution >= 0.6 is 0 Å². The van der Waals surface area contributed by atoms with Crippen LogP contribution in [-0.4, -0.2) is 5.78 Å². The Morgan fingerprint density at radius 3 is 2.12 bits per heavy atom. The molecular formula is C22H19NO. The normalized spacial score (nSPS) is 19.4. The summed E-state index contributed by atoms with van der Waals surface area (Å²) in [7, 11) is 0. The fourth-order valence-corrected chi connectivity index (χ4v) is 3.50. The molecule has 2 nitrogen and oxygen atoms in total. The van der Waals surface area contributed by atoms with Gasteiger partial charge in [0.2, 0.25) is 0 Å². The van der Waals surface area contributed by atoms with Gasteiger partial charge in [0.25, 0.3) is 0 Å². The van der Waals surface area contributed by atoms with Crippen LogP contribution in [-0.2, 0) is 6.42 Å². The van der Waals surface area contributed by atoms with E-state index in [-0.39, 0.29) is 17.7 Å². The number of anilines is 1. The molecule has 2 heteroatoms. The molecule has 0 amide bonds. The average molecular weight is 313 g/mol. The van der Waals surface area contributed by atoms with Crippen LogP contribution in [0.4, 0.5) is 5.69 Å². The minimum absolute atomic E-state index is 0.00574. The Labute approximate surface area is 142 Å². The van der Waals surface area contributed by atoms with Crippen molar-refractivity contribution in [3.8, 4) is 0 Å². The molecule has 118 valence electrons. The molecule has 0 fully saturated rings. The molecule has 1 N–H and O–H groups in total. The number of ketones is 1. The van der Waals surface area contributed by atoms with E-state index in [9.17, 15) is 4.79 Å². The first-order valence-corrected chi connectivity index (χ1v) is 8.31. The summed E-state index contributed by atoms with van der Waals surface area (Å²) in [5, 5.41) is 3.59. The summed E-state index contributed by atoms with van der Waals surface area (Å²) in [6.07, 6.45) is 0.737. The Balaban J connectivity index is 1.76. The summed E-state index contributed by atoms with van der Waals surface area (Å²) in [5.74, 6) is 0.117. The Morgan fingerprint density at radius 2 is 1.38 bits per heavy atom. The standard InChI is InChI=1S/C22H19NO/c24-22-18-13-7-8-14-20(18)23-21(17-11-5-2-6-12-17)19(22)15-16-9-3-1-4-10-16/h1-14,19,21,23H,15H2. The van der Waals surface area contributed by atoms with Gasteiger partial charge in [-0.1, -0.05) is 72.8 Å². The second kappa shape index (κ2) is 6.32. The smallest absolute Gasteiger partial charge is 0.170 e. The third-order valence-electron chi connectivity index (χ3n) is 4.70. The number of rotatable bonds is 3. The molecule has 2 unspecified atom stereocenters. The number of benzene rings is 3. The number of carbonyl (C=O) groups excluding carboxylic acids is 1. The highest BCUT2D eigenvalue weighted by molar-refractivity contribution is 6.05. The van der Waals surface area contributed by atoms with Crippen LogP contribution in [0, 0.1) is 5.92 Å². The first-order valence-electron chi connectivity index (χ1n) is 8.31. The Bertz CT molecular complexity index is 842. The van der Waals surface area contributed by atoms with Gasteiger partial charge in [0, 0.05) is 11.3 Å². The number of hydrogen-bond donors (Lipinski definition) is 1. The Hall–Kier alpha value is -2.87. The van der Waals surface area contributed by atoms with Gasteiger partial charge >= 0.3 is 0 Å². The SMILES string of the molecule is O=C1c2ccccc2NC(c2ccccc2)C1Cc1ccccc1. The molecule has 24 heavy (non-hydrogen) atoms. The van der Waals surface area contributed by atoms with E-state index < -0.39 is 0 Å². The van der Waals surface area contributed by atoms with Crippen molar-refractivity contribution in [3.63, 3.8) is 0 Å². The summed E-state index contributed by atoms with van der Waals surface area (Å²) in [4.78, 5) is 13.2. The minimum Gasteiger partial charge on any atom is -0.377 e. The van der Waals surface area contributed by atoms with Crippen molar-refractivity contribution in [2.24, 2.45) is 5.92 Å². The predicted molar refractivity (Wildman–Crippen MR) is 97.2 cm³/mol. The summed E-state index contributed by atoms with van der Waals surface area (Å²) < 4.78 is 0. The maximum Gasteiger partial charge on any atom is 0.170 e. The van der Waals surface area contributed by atoms with E-state index in [1.807, 2.05) is 60.7 Å². The van der Waals surface area contributed by atoms with Crippen molar-refractivity contribution < 1.29 is 4.79 Å². The maximum atomic E-state index is 13.2. The highest BCUT2D eigenvalue weighted by atomic mass is 16.1. The molecule has 0 spiro atoms. The predicted octanol–water partition coefficient (Wildman–Crippen LogP) is 4.90. The highest BCUT2D eigenvalue weighted by Gasteiger charge is 2.35. The lowest BCUT2D eigenvalue weighted by atomic mass is 9.79. The number of carbonyl (C=O) groups is 1. The summed E-state index contributed by atoms with van der Waals surface area (Å²) in [6.45, 7) is 0. The molecule has 1 aliphatic heterocycles. The second-order valence-corrected chi connectivity index (χ2v) is 6.24. The van der Waals surface area contributed by atoms with E-state index in [2.05, 4.69) is 29.6 Å². The van der Waals surface area contributed by atoms with Crippen molar-refractivity contribution in [1.29, 1.82) is 0 Å². The fourth-order valence-electron chi connectivity index (χ4n) is 3.50. The lowest BCUT2D eigenvalue weighted by molar-refractivity contribution is 0.0898. The largest absolute Gasteiger partial charge is 0.377 e. The van der Waals surface area contributed by atoms with Crippen LogP contribution in [0.5, 0.6) is 0 Å². The van der Waals surface area contributed by atoms with Crippen LogP contribution in [0.1, 0.15) is 27.5 Å². The molecule has 0 saturated carbocycles. The van der Waals surface area contributed by atoms with Crippen LogP contribution in [0.3, 0.4) is 0 Å². The zero-order chi connectivity index (χ0) is 16.4. The van der Waals surface area contributed by atoms with E-state index in [0.717, 1.165) is 23.2 Å². The van der Waals surface area contributed by atoms with Gasteiger partial charge in [-0.25, -0.2) is 0 Å². The molecule has 1 heterocycles. The number of Topliss-reactive ketones (excluding diaryl/α,β-unsaturated/α-hetero) is 1. The summed E-state index contributed by atoms with van der Waals surface area (Å²) in [5.41, 5.74) is 4.07. The number of hydrogen-bond acceptors (Lipinski definition) is 2. The maximum absolute atomic E-state index is 13.2. The van der Waals surface area contributed by atoms with Crippen molar-refractivity contribution in [1.82, 2.24) is 0 Å². The zero-order valence-corrected chi connectivity index (χ0v) is 13.4. The van der Waals surface area contributed by atoms with Gasteiger partial charge in [0.05, 0.1) is 12.0 Å². The molecule has 0 saturated heterocycles. The van der Waals surface area contributed by atoms with Crippen molar-refractivity contribution in [3.05, 3.63) is 102 Å². The summed E-state index contributed by atoms with van der Waals surface area (Å²) >= 11 is 0. The third kappa shape index (κ3) is 2.71. The van der Waals surface area contributed by atoms with Crippen molar-refractivity contribution in [2.75, 3.05) is 5.32 Å². The molecule has 0 bridgehead atoms. The molecular weight excluding hydrogens is 294 g/mol. The van der Waals surface area contributed by atoms with Gasteiger partial charge in [0.15, 0.2) is 5.78 Å². The molecule has 3 aromatic carbocycles. The zero-order valence-electron chi connectivity index (χ0n) is 13.4. The number of fused-ring (bicyclic) bond motifs is 1. The Morgan fingerprint density at radius 1 is 0.750 bits per heavy atom. The van der Waals surface area contributed by atoms with E-state index in [0.29, 0.717) is 0 Å². The first kappa shape index (κ1) is 14.7. The molecule has 1 aliphatic rings. The van der Waals surface area contributed by atoms with Crippen molar-refractivity contribution in [2.45, 2.75) is 12.5 Å². The van der Waals surface area contributed by atoms with Crippen LogP contribution < -0.4 is 5.32 Å². The third-order valence-corrected chi connectivity index (χ3v) is 4.70. The molecule has 0 aromatic heterocycles. The van der Waals surface area contributed by atoms with Crippen molar-refractivity contribution >= 4 is 11.5 Å². The number of para-hydroxylation sites is 1. The van der Waals surface area contributed by atoms with Gasteiger partial charge in [-0.3, -0.25) is 4.79 Å².